The van der Waals surface area contributed by atoms with Crippen molar-refractivity contribution >= 4 is 5.69 Å². The van der Waals surface area contributed by atoms with Gasteiger partial charge in [0.2, 0.25) is 0 Å². The molecule has 6 heteroatoms. The highest BCUT2D eigenvalue weighted by Gasteiger charge is 2.12. The summed E-state index contributed by atoms with van der Waals surface area (Å²) in [5, 5.41) is 13.8. The highest BCUT2D eigenvalue weighted by Crippen LogP contribution is 2.26. The molecule has 0 aliphatic carbocycles. The minimum Gasteiger partial charge on any atom is -0.441 e. The highest BCUT2D eigenvalue weighted by molar-refractivity contribution is 5.61. The van der Waals surface area contributed by atoms with E-state index in [0.717, 1.165) is 12.1 Å². The third kappa shape index (κ3) is 3.17. The predicted octanol–water partition coefficient (Wildman–Crippen LogP) is 2.32. The Kier molecular flexibility index (Phi) is 3.91. The van der Waals surface area contributed by atoms with Crippen molar-refractivity contribution in [2.24, 2.45) is 0 Å². The Bertz CT molecular complexity index is 593. The maximum absolute atomic E-state index is 10.8. The van der Waals surface area contributed by atoms with Crippen molar-refractivity contribution in [1.82, 2.24) is 10.3 Å². The topological polar surface area (TPSA) is 81.2 Å². The van der Waals surface area contributed by atoms with Crippen LogP contribution < -0.4 is 5.32 Å². The predicted molar refractivity (Wildman–Crippen MR) is 71.0 cm³/mol. The molecular formula is C13H15N3O3. The van der Waals surface area contributed by atoms with Crippen LogP contribution in [0.1, 0.15) is 11.5 Å². The van der Waals surface area contributed by atoms with Gasteiger partial charge in [-0.05, 0) is 25.6 Å². The normalized spacial score (nSPS) is 10.6. The molecule has 0 bridgehead atoms. The second-order valence-electron chi connectivity index (χ2n) is 4.29. The number of aromatic nitrogens is 1. The fourth-order valence-corrected chi connectivity index (χ4v) is 1.80. The monoisotopic (exact) mass is 261 g/mol. The first kappa shape index (κ1) is 13.2. The smallest absolute Gasteiger partial charge is 0.270 e. The molecule has 0 unspecified atom stereocenters. The Labute approximate surface area is 110 Å². The van der Waals surface area contributed by atoms with Gasteiger partial charge >= 0.3 is 0 Å². The molecule has 6 nitrogen and oxygen atoms in total. The Morgan fingerprint density at radius 3 is 2.89 bits per heavy atom. The van der Waals surface area contributed by atoms with E-state index in [1.54, 1.807) is 6.20 Å². The summed E-state index contributed by atoms with van der Waals surface area (Å²) in [4.78, 5) is 14.6. The van der Waals surface area contributed by atoms with Crippen LogP contribution in [0.25, 0.3) is 11.3 Å². The second-order valence-corrected chi connectivity index (χ2v) is 4.29. The largest absolute Gasteiger partial charge is 0.441 e. The third-order valence-corrected chi connectivity index (χ3v) is 2.70. The zero-order chi connectivity index (χ0) is 13.8. The van der Waals surface area contributed by atoms with Gasteiger partial charge in [-0.15, -0.1) is 0 Å². The number of aryl methyl sites for hydroxylation is 1. The summed E-state index contributed by atoms with van der Waals surface area (Å²) in [6.07, 6.45) is 2.29. The number of nitro groups is 1. The van der Waals surface area contributed by atoms with Crippen molar-refractivity contribution < 1.29 is 9.34 Å². The van der Waals surface area contributed by atoms with Crippen LogP contribution in [0.3, 0.4) is 0 Å². The first-order valence-corrected chi connectivity index (χ1v) is 5.96. The molecule has 2 rings (SSSR count). The molecule has 1 aromatic heterocycles. The van der Waals surface area contributed by atoms with Crippen molar-refractivity contribution in [2.45, 2.75) is 13.3 Å². The maximum atomic E-state index is 10.8. The standard InChI is InChI=1S/C13H15N3O3/c1-9-5-10(7-11(6-9)16(17)18)12-8-15-13(19-12)3-4-14-2/h5-8,14H,3-4H2,1-2H3. The van der Waals surface area contributed by atoms with Gasteiger partial charge in [0, 0.05) is 30.7 Å². The Hall–Kier alpha value is -2.21. The molecule has 0 fully saturated rings. The number of hydrogen-bond donors (Lipinski definition) is 1. The number of hydrogen-bond acceptors (Lipinski definition) is 5. The van der Waals surface area contributed by atoms with Crippen LogP contribution in [-0.2, 0) is 6.42 Å². The van der Waals surface area contributed by atoms with Crippen LogP contribution >= 0.6 is 0 Å². The van der Waals surface area contributed by atoms with Gasteiger partial charge < -0.3 is 9.73 Å². The number of non-ortho nitro benzene ring substituents is 1. The Morgan fingerprint density at radius 2 is 2.21 bits per heavy atom. The fraction of sp³-hybridized carbons (Fsp3) is 0.308. The maximum Gasteiger partial charge on any atom is 0.270 e. The zero-order valence-corrected chi connectivity index (χ0v) is 10.8. The van der Waals surface area contributed by atoms with Crippen LogP contribution in [0.4, 0.5) is 5.69 Å². The number of nitrogens with one attached hydrogen (secondary N) is 1. The quantitative estimate of drug-likeness (QED) is 0.659. The van der Waals surface area contributed by atoms with E-state index in [0.29, 0.717) is 23.6 Å². The van der Waals surface area contributed by atoms with E-state index in [1.165, 1.54) is 12.1 Å². The van der Waals surface area contributed by atoms with Crippen LogP contribution in [0.5, 0.6) is 0 Å². The third-order valence-electron chi connectivity index (χ3n) is 2.70. The lowest BCUT2D eigenvalue weighted by Gasteiger charge is -2.00. The van der Waals surface area contributed by atoms with Crippen LogP contribution in [0.2, 0.25) is 0 Å². The summed E-state index contributed by atoms with van der Waals surface area (Å²) in [5.74, 6) is 1.17. The first-order chi connectivity index (χ1) is 9.10. The lowest BCUT2D eigenvalue weighted by Crippen LogP contribution is -2.10. The molecule has 1 aromatic carbocycles. The van der Waals surface area contributed by atoms with Gasteiger partial charge in [0.25, 0.3) is 5.69 Å². The minimum atomic E-state index is -0.408. The Morgan fingerprint density at radius 1 is 1.42 bits per heavy atom. The molecular weight excluding hydrogens is 246 g/mol. The molecule has 0 radical (unpaired) electrons. The number of nitro benzene ring substituents is 1. The average Bonchev–Trinajstić information content (AvgIpc) is 2.84. The molecule has 0 aliphatic heterocycles. The Balaban J connectivity index is 2.30. The molecule has 2 aromatic rings. The molecule has 0 amide bonds. The molecule has 0 spiro atoms. The summed E-state index contributed by atoms with van der Waals surface area (Å²) in [5.41, 5.74) is 1.55. The highest BCUT2D eigenvalue weighted by atomic mass is 16.6. The van der Waals surface area contributed by atoms with E-state index < -0.39 is 4.92 Å². The van der Waals surface area contributed by atoms with E-state index in [-0.39, 0.29) is 5.69 Å². The first-order valence-electron chi connectivity index (χ1n) is 5.96. The fourth-order valence-electron chi connectivity index (χ4n) is 1.80. The van der Waals surface area contributed by atoms with Crippen LogP contribution in [0.15, 0.2) is 28.8 Å². The number of rotatable bonds is 5. The summed E-state index contributed by atoms with van der Waals surface area (Å²) >= 11 is 0. The summed E-state index contributed by atoms with van der Waals surface area (Å²) in [6.45, 7) is 2.59. The van der Waals surface area contributed by atoms with Crippen molar-refractivity contribution in [3.63, 3.8) is 0 Å². The van der Waals surface area contributed by atoms with Crippen molar-refractivity contribution in [1.29, 1.82) is 0 Å². The minimum absolute atomic E-state index is 0.0585. The SMILES string of the molecule is CNCCc1ncc(-c2cc(C)cc([N+](=O)[O-])c2)o1. The number of oxazole rings is 1. The average molecular weight is 261 g/mol. The number of benzene rings is 1. The number of nitrogens with zero attached hydrogens (tertiary/aromatic N) is 2. The van der Waals surface area contributed by atoms with E-state index in [4.69, 9.17) is 4.42 Å². The van der Waals surface area contributed by atoms with Gasteiger partial charge in [-0.1, -0.05) is 0 Å². The van der Waals surface area contributed by atoms with E-state index in [1.807, 2.05) is 20.0 Å². The van der Waals surface area contributed by atoms with Crippen molar-refractivity contribution in [3.05, 3.63) is 46.0 Å². The van der Waals surface area contributed by atoms with Crippen molar-refractivity contribution in [2.75, 3.05) is 13.6 Å². The summed E-state index contributed by atoms with van der Waals surface area (Å²) in [7, 11) is 1.85. The van der Waals surface area contributed by atoms with Crippen LogP contribution in [0, 0.1) is 17.0 Å². The van der Waals surface area contributed by atoms with Gasteiger partial charge in [-0.25, -0.2) is 4.98 Å². The molecule has 0 atom stereocenters. The van der Waals surface area contributed by atoms with Gasteiger partial charge in [-0.2, -0.15) is 0 Å². The molecule has 0 saturated heterocycles. The molecule has 0 aliphatic rings. The lowest BCUT2D eigenvalue weighted by atomic mass is 10.1. The summed E-state index contributed by atoms with van der Waals surface area (Å²) < 4.78 is 5.59. The van der Waals surface area contributed by atoms with E-state index >= 15 is 0 Å². The molecule has 19 heavy (non-hydrogen) atoms. The molecule has 100 valence electrons. The molecule has 1 N–H and O–H groups in total. The van der Waals surface area contributed by atoms with E-state index in [2.05, 4.69) is 10.3 Å². The molecule has 0 saturated carbocycles. The summed E-state index contributed by atoms with van der Waals surface area (Å²) in [6, 6.07) is 4.87. The second kappa shape index (κ2) is 5.62. The van der Waals surface area contributed by atoms with Gasteiger partial charge in [0.05, 0.1) is 11.1 Å². The van der Waals surface area contributed by atoms with Gasteiger partial charge in [0.15, 0.2) is 11.7 Å². The van der Waals surface area contributed by atoms with E-state index in [9.17, 15) is 10.1 Å². The lowest BCUT2D eigenvalue weighted by molar-refractivity contribution is -0.384. The van der Waals surface area contributed by atoms with Crippen molar-refractivity contribution in [3.8, 4) is 11.3 Å². The van der Waals surface area contributed by atoms with Crippen LogP contribution in [-0.4, -0.2) is 23.5 Å². The van der Waals surface area contributed by atoms with Gasteiger partial charge in [0.1, 0.15) is 0 Å². The van der Waals surface area contributed by atoms with Gasteiger partial charge in [-0.3, -0.25) is 10.1 Å². The molecule has 1 heterocycles. The number of likely N-dealkylation sites (N-methyl/N-ethyl adjacent to an activating group) is 1. The zero-order valence-electron chi connectivity index (χ0n) is 10.8.